The summed E-state index contributed by atoms with van der Waals surface area (Å²) in [5.74, 6) is 0.330. The summed E-state index contributed by atoms with van der Waals surface area (Å²) < 4.78 is 38.9. The van der Waals surface area contributed by atoms with Gasteiger partial charge in [0.15, 0.2) is 5.69 Å². The lowest BCUT2D eigenvalue weighted by Crippen LogP contribution is -2.12. The van der Waals surface area contributed by atoms with Crippen LogP contribution in [-0.4, -0.2) is 26.5 Å². The third-order valence-electron chi connectivity index (χ3n) is 2.91. The van der Waals surface area contributed by atoms with Crippen molar-refractivity contribution in [1.29, 1.82) is 0 Å². The summed E-state index contributed by atoms with van der Waals surface area (Å²) in [6.45, 7) is 5.23. The zero-order valence-corrected chi connectivity index (χ0v) is 11.8. The average molecular weight is 299 g/mol. The number of anilines is 1. The lowest BCUT2D eigenvalue weighted by Gasteiger charge is -2.08. The Kier molecular flexibility index (Phi) is 4.44. The van der Waals surface area contributed by atoms with E-state index in [1.165, 1.54) is 6.07 Å². The van der Waals surface area contributed by atoms with E-state index in [9.17, 15) is 13.2 Å². The van der Waals surface area contributed by atoms with Gasteiger partial charge in [-0.3, -0.25) is 4.68 Å². The van der Waals surface area contributed by atoms with Crippen LogP contribution in [0.25, 0.3) is 0 Å². The molecule has 114 valence electrons. The molecule has 0 saturated heterocycles. The van der Waals surface area contributed by atoms with Crippen LogP contribution >= 0.6 is 0 Å². The number of aromatic nitrogens is 4. The highest BCUT2D eigenvalue weighted by atomic mass is 19.4. The third kappa shape index (κ3) is 4.17. The molecule has 2 aromatic rings. The zero-order valence-electron chi connectivity index (χ0n) is 11.8. The fraction of sp³-hybridized carbons (Fsp3) is 0.462. The van der Waals surface area contributed by atoms with E-state index in [1.807, 2.05) is 24.6 Å². The maximum Gasteiger partial charge on any atom is 0.435 e. The predicted octanol–water partition coefficient (Wildman–Crippen LogP) is 2.81. The summed E-state index contributed by atoms with van der Waals surface area (Å²) in [5.41, 5.74) is 1.06. The summed E-state index contributed by atoms with van der Waals surface area (Å²) in [4.78, 5) is 0. The van der Waals surface area contributed by atoms with Crippen molar-refractivity contribution in [1.82, 2.24) is 20.0 Å². The Hall–Kier alpha value is -2.12. The topological polar surface area (TPSA) is 55.6 Å². The van der Waals surface area contributed by atoms with Crippen molar-refractivity contribution in [3.05, 3.63) is 35.3 Å². The van der Waals surface area contributed by atoms with Crippen molar-refractivity contribution in [2.45, 2.75) is 33.0 Å². The van der Waals surface area contributed by atoms with Crippen LogP contribution in [0, 0.1) is 13.8 Å². The molecular formula is C13H16F3N5. The Morgan fingerprint density at radius 2 is 1.95 bits per heavy atom. The van der Waals surface area contributed by atoms with Crippen LogP contribution in [0.5, 0.6) is 0 Å². The van der Waals surface area contributed by atoms with Gasteiger partial charge < -0.3 is 5.32 Å². The van der Waals surface area contributed by atoms with E-state index < -0.39 is 11.9 Å². The lowest BCUT2D eigenvalue weighted by molar-refractivity contribution is -0.141. The van der Waals surface area contributed by atoms with Gasteiger partial charge in [0, 0.05) is 18.8 Å². The van der Waals surface area contributed by atoms with E-state index in [4.69, 9.17) is 0 Å². The zero-order chi connectivity index (χ0) is 15.5. The molecule has 0 radical (unpaired) electrons. The van der Waals surface area contributed by atoms with E-state index in [0.717, 1.165) is 30.4 Å². The number of hydrogen-bond acceptors (Lipinski definition) is 4. The number of halogens is 3. The summed E-state index contributed by atoms with van der Waals surface area (Å²) in [6.07, 6.45) is -3.67. The maximum atomic E-state index is 12.3. The molecule has 0 aliphatic heterocycles. The Morgan fingerprint density at radius 3 is 2.48 bits per heavy atom. The second-order valence-electron chi connectivity index (χ2n) is 4.73. The quantitative estimate of drug-likeness (QED) is 0.863. The van der Waals surface area contributed by atoms with Gasteiger partial charge >= 0.3 is 6.18 Å². The molecule has 2 rings (SSSR count). The number of nitrogens with one attached hydrogen (secondary N) is 1. The molecule has 2 aromatic heterocycles. The number of alkyl halides is 3. The van der Waals surface area contributed by atoms with Gasteiger partial charge in [-0.2, -0.15) is 18.3 Å². The Morgan fingerprint density at radius 1 is 1.19 bits per heavy atom. The van der Waals surface area contributed by atoms with Gasteiger partial charge in [0.05, 0.1) is 5.69 Å². The molecule has 0 bridgehead atoms. The summed E-state index contributed by atoms with van der Waals surface area (Å²) in [5, 5.41) is 13.9. The van der Waals surface area contributed by atoms with E-state index >= 15 is 0 Å². The number of nitrogens with zero attached hydrogens (tertiary/aromatic N) is 4. The summed E-state index contributed by atoms with van der Waals surface area (Å²) >= 11 is 0. The maximum absolute atomic E-state index is 12.3. The second kappa shape index (κ2) is 6.11. The van der Waals surface area contributed by atoms with Crippen LogP contribution in [0.15, 0.2) is 18.2 Å². The highest BCUT2D eigenvalue weighted by Crippen LogP contribution is 2.26. The van der Waals surface area contributed by atoms with Crippen molar-refractivity contribution >= 4 is 5.82 Å². The smallest absolute Gasteiger partial charge is 0.369 e. The molecule has 8 heteroatoms. The summed E-state index contributed by atoms with van der Waals surface area (Å²) in [6, 6.07) is 4.18. The van der Waals surface area contributed by atoms with E-state index in [0.29, 0.717) is 12.4 Å². The fourth-order valence-electron chi connectivity index (χ4n) is 1.92. The SMILES string of the molecule is Cc1cc(C)n(CCCNc2ccc(C(F)(F)F)nn2)n1. The normalized spacial score (nSPS) is 11.7. The number of hydrogen-bond donors (Lipinski definition) is 1. The van der Waals surface area contributed by atoms with Crippen molar-refractivity contribution in [2.75, 3.05) is 11.9 Å². The number of aryl methyl sites for hydroxylation is 3. The van der Waals surface area contributed by atoms with Crippen LogP contribution < -0.4 is 5.32 Å². The van der Waals surface area contributed by atoms with Crippen LogP contribution in [0.4, 0.5) is 19.0 Å². The highest BCUT2D eigenvalue weighted by Gasteiger charge is 2.32. The van der Waals surface area contributed by atoms with Gasteiger partial charge in [0.1, 0.15) is 5.82 Å². The first kappa shape index (κ1) is 15.3. The van der Waals surface area contributed by atoms with Gasteiger partial charge in [-0.1, -0.05) is 0 Å². The van der Waals surface area contributed by atoms with Crippen LogP contribution in [-0.2, 0) is 12.7 Å². The molecule has 21 heavy (non-hydrogen) atoms. The van der Waals surface area contributed by atoms with Gasteiger partial charge in [0.2, 0.25) is 0 Å². The second-order valence-corrected chi connectivity index (χ2v) is 4.73. The van der Waals surface area contributed by atoms with Gasteiger partial charge in [-0.05, 0) is 38.5 Å². The monoisotopic (exact) mass is 299 g/mol. The first-order valence-electron chi connectivity index (χ1n) is 6.52. The Balaban J connectivity index is 1.80. The molecule has 0 aromatic carbocycles. The molecule has 5 nitrogen and oxygen atoms in total. The molecule has 1 N–H and O–H groups in total. The molecular weight excluding hydrogens is 283 g/mol. The first-order chi connectivity index (χ1) is 9.86. The Bertz CT molecular complexity index is 589. The van der Waals surface area contributed by atoms with Gasteiger partial charge in [-0.15, -0.1) is 10.2 Å². The number of rotatable bonds is 5. The third-order valence-corrected chi connectivity index (χ3v) is 2.91. The van der Waals surface area contributed by atoms with E-state index in [1.54, 1.807) is 0 Å². The minimum absolute atomic E-state index is 0.330. The fourth-order valence-corrected chi connectivity index (χ4v) is 1.92. The average Bonchev–Trinajstić information content (AvgIpc) is 2.73. The molecule has 0 aliphatic carbocycles. The minimum Gasteiger partial charge on any atom is -0.369 e. The van der Waals surface area contributed by atoms with Gasteiger partial charge in [0.25, 0.3) is 0 Å². The molecule has 0 saturated carbocycles. The van der Waals surface area contributed by atoms with Crippen LogP contribution in [0.1, 0.15) is 23.5 Å². The van der Waals surface area contributed by atoms with Crippen molar-refractivity contribution < 1.29 is 13.2 Å². The molecule has 0 spiro atoms. The first-order valence-corrected chi connectivity index (χ1v) is 6.52. The van der Waals surface area contributed by atoms with Crippen LogP contribution in [0.2, 0.25) is 0 Å². The van der Waals surface area contributed by atoms with Crippen LogP contribution in [0.3, 0.4) is 0 Å². The Labute approximate surface area is 120 Å². The molecule has 0 atom stereocenters. The van der Waals surface area contributed by atoms with Crippen molar-refractivity contribution in [2.24, 2.45) is 0 Å². The molecule has 0 aliphatic rings. The van der Waals surface area contributed by atoms with Crippen molar-refractivity contribution in [3.8, 4) is 0 Å². The minimum atomic E-state index is -4.46. The predicted molar refractivity (Wildman–Crippen MR) is 71.8 cm³/mol. The standard InChI is InChI=1S/C13H16F3N5/c1-9-8-10(2)21(20-9)7-3-6-17-12-5-4-11(18-19-12)13(14,15)16/h4-5,8H,3,6-7H2,1-2H3,(H,17,19). The van der Waals surface area contributed by atoms with Gasteiger partial charge in [-0.25, -0.2) is 0 Å². The molecule has 0 amide bonds. The highest BCUT2D eigenvalue weighted by molar-refractivity contribution is 5.33. The largest absolute Gasteiger partial charge is 0.435 e. The van der Waals surface area contributed by atoms with Crippen molar-refractivity contribution in [3.63, 3.8) is 0 Å². The molecule has 0 fully saturated rings. The molecule has 0 unspecified atom stereocenters. The molecule has 2 heterocycles. The van der Waals surface area contributed by atoms with E-state index in [2.05, 4.69) is 20.6 Å². The van der Waals surface area contributed by atoms with E-state index in [-0.39, 0.29) is 0 Å². The lowest BCUT2D eigenvalue weighted by atomic mass is 10.3. The summed E-state index contributed by atoms with van der Waals surface area (Å²) in [7, 11) is 0.